The van der Waals surface area contributed by atoms with Crippen LogP contribution in [0, 0.1) is 0 Å². The number of nitrogens with one attached hydrogen (secondary N) is 1. The van der Waals surface area contributed by atoms with Gasteiger partial charge in [0.1, 0.15) is 23.9 Å². The molecule has 0 bridgehead atoms. The zero-order valence-corrected chi connectivity index (χ0v) is 19.6. The van der Waals surface area contributed by atoms with E-state index in [1.165, 1.54) is 0 Å². The lowest BCUT2D eigenvalue weighted by Crippen LogP contribution is -2.51. The first-order valence-electron chi connectivity index (χ1n) is 11.4. The minimum absolute atomic E-state index is 0.0219. The minimum Gasteiger partial charge on any atom is -0.497 e. The van der Waals surface area contributed by atoms with Gasteiger partial charge in [0.05, 0.1) is 12.6 Å². The summed E-state index contributed by atoms with van der Waals surface area (Å²) in [5.74, 6) is 0.360. The Morgan fingerprint density at radius 1 is 1.18 bits per heavy atom. The molecule has 1 N–H and O–H groups in total. The summed E-state index contributed by atoms with van der Waals surface area (Å²) in [6.45, 7) is 6.03. The van der Waals surface area contributed by atoms with Crippen LogP contribution in [0.3, 0.4) is 0 Å². The summed E-state index contributed by atoms with van der Waals surface area (Å²) in [5.41, 5.74) is 1.89. The van der Waals surface area contributed by atoms with E-state index in [0.717, 1.165) is 35.9 Å². The van der Waals surface area contributed by atoms with Crippen molar-refractivity contribution in [2.24, 2.45) is 0 Å². The molecule has 1 heterocycles. The van der Waals surface area contributed by atoms with E-state index in [-0.39, 0.29) is 29.9 Å². The molecule has 0 saturated heterocycles. The lowest BCUT2D eigenvalue weighted by Gasteiger charge is -2.34. The second-order valence-electron chi connectivity index (χ2n) is 9.17. The third-order valence-electron chi connectivity index (χ3n) is 6.24. The van der Waals surface area contributed by atoms with Crippen LogP contribution in [0.5, 0.6) is 5.75 Å². The second-order valence-corrected chi connectivity index (χ2v) is 9.17. The molecule has 1 saturated carbocycles. The number of aromatic nitrogens is 3. The Kier molecular flexibility index (Phi) is 6.35. The summed E-state index contributed by atoms with van der Waals surface area (Å²) >= 11 is 0. The summed E-state index contributed by atoms with van der Waals surface area (Å²) in [4.78, 5) is 29.0. The van der Waals surface area contributed by atoms with Gasteiger partial charge < -0.3 is 15.0 Å². The average molecular weight is 450 g/mol. The fraction of sp³-hybridized carbons (Fsp3) is 0.440. The number of fused-ring (bicyclic) bond motifs is 1. The van der Waals surface area contributed by atoms with Gasteiger partial charge in [0, 0.05) is 11.6 Å². The number of ether oxygens (including phenoxy) is 1. The molecule has 8 heteroatoms. The number of para-hydroxylation sites is 1. The Bertz CT molecular complexity index is 1130. The van der Waals surface area contributed by atoms with Crippen molar-refractivity contribution in [1.29, 1.82) is 0 Å². The maximum atomic E-state index is 13.6. The van der Waals surface area contributed by atoms with Crippen LogP contribution < -0.4 is 10.1 Å². The Morgan fingerprint density at radius 2 is 1.88 bits per heavy atom. The summed E-state index contributed by atoms with van der Waals surface area (Å²) < 4.78 is 6.89. The van der Waals surface area contributed by atoms with Gasteiger partial charge in [-0.05, 0) is 62.9 Å². The van der Waals surface area contributed by atoms with Gasteiger partial charge in [0.2, 0.25) is 11.8 Å². The predicted octanol–water partition coefficient (Wildman–Crippen LogP) is 3.48. The molecule has 4 rings (SSSR count). The normalized spacial score (nSPS) is 14.7. The number of hydrogen-bond donors (Lipinski definition) is 1. The van der Waals surface area contributed by atoms with Crippen molar-refractivity contribution in [3.63, 3.8) is 0 Å². The SMILES string of the molecule is CCC(C)(C)NC(=O)[C@H](c1ccc(OC)cc1)N(C(=O)Cn1nnc2ccccc21)C1CC1. The van der Waals surface area contributed by atoms with Gasteiger partial charge >= 0.3 is 0 Å². The zero-order chi connectivity index (χ0) is 23.6. The Labute approximate surface area is 193 Å². The Balaban J connectivity index is 1.68. The Morgan fingerprint density at radius 3 is 2.52 bits per heavy atom. The van der Waals surface area contributed by atoms with Crippen LogP contribution >= 0.6 is 0 Å². The molecule has 1 aliphatic carbocycles. The van der Waals surface area contributed by atoms with E-state index in [9.17, 15) is 9.59 Å². The first-order chi connectivity index (χ1) is 15.8. The quantitative estimate of drug-likeness (QED) is 0.540. The van der Waals surface area contributed by atoms with Gasteiger partial charge in [-0.3, -0.25) is 9.59 Å². The molecule has 0 radical (unpaired) electrons. The zero-order valence-electron chi connectivity index (χ0n) is 19.6. The van der Waals surface area contributed by atoms with Gasteiger partial charge in [0.15, 0.2) is 0 Å². The van der Waals surface area contributed by atoms with Gasteiger partial charge in [-0.2, -0.15) is 0 Å². The number of hydrogen-bond acceptors (Lipinski definition) is 5. The molecule has 3 aromatic rings. The number of carbonyl (C=O) groups is 2. The van der Waals surface area contributed by atoms with Gasteiger partial charge in [0.25, 0.3) is 0 Å². The van der Waals surface area contributed by atoms with Gasteiger partial charge in [-0.25, -0.2) is 4.68 Å². The molecule has 2 aromatic carbocycles. The van der Waals surface area contributed by atoms with E-state index in [0.29, 0.717) is 5.75 Å². The predicted molar refractivity (Wildman–Crippen MR) is 126 cm³/mol. The highest BCUT2D eigenvalue weighted by molar-refractivity contribution is 5.90. The number of benzene rings is 2. The van der Waals surface area contributed by atoms with Crippen molar-refractivity contribution in [2.75, 3.05) is 7.11 Å². The number of nitrogens with zero attached hydrogens (tertiary/aromatic N) is 4. The lowest BCUT2D eigenvalue weighted by atomic mass is 9.98. The standard InChI is InChI=1S/C25H31N5O3/c1-5-25(2,3)26-24(32)23(17-10-14-19(33-4)15-11-17)30(18-12-13-18)22(31)16-29-21-9-7-6-8-20(21)27-28-29/h6-11,14-15,18,23H,5,12-13,16H2,1-4H3,(H,26,32)/t23-/m0/s1. The largest absolute Gasteiger partial charge is 0.497 e. The second kappa shape index (κ2) is 9.21. The fourth-order valence-corrected chi connectivity index (χ4v) is 3.87. The van der Waals surface area contributed by atoms with Crippen LogP contribution in [0.25, 0.3) is 11.0 Å². The summed E-state index contributed by atoms with van der Waals surface area (Å²) in [6.07, 6.45) is 2.53. The average Bonchev–Trinajstić information content (AvgIpc) is 3.57. The first-order valence-corrected chi connectivity index (χ1v) is 11.4. The smallest absolute Gasteiger partial charge is 0.247 e. The molecule has 2 amide bonds. The first kappa shape index (κ1) is 22.8. The number of methoxy groups -OCH3 is 1. The molecule has 1 fully saturated rings. The van der Waals surface area contributed by atoms with Crippen LogP contribution in [0.1, 0.15) is 51.6 Å². The third-order valence-corrected chi connectivity index (χ3v) is 6.24. The third kappa shape index (κ3) is 4.99. The molecule has 1 atom stereocenters. The van der Waals surface area contributed by atoms with E-state index in [2.05, 4.69) is 15.6 Å². The van der Waals surface area contributed by atoms with Crippen molar-refractivity contribution in [1.82, 2.24) is 25.2 Å². The van der Waals surface area contributed by atoms with Crippen LogP contribution in [0.2, 0.25) is 0 Å². The monoisotopic (exact) mass is 449 g/mol. The number of amides is 2. The topological polar surface area (TPSA) is 89.4 Å². The van der Waals surface area contributed by atoms with Crippen molar-refractivity contribution in [3.05, 3.63) is 54.1 Å². The van der Waals surface area contributed by atoms with E-state index in [1.54, 1.807) is 16.7 Å². The van der Waals surface area contributed by atoms with Gasteiger partial charge in [-0.1, -0.05) is 36.4 Å². The number of carbonyl (C=O) groups excluding carboxylic acids is 2. The summed E-state index contributed by atoms with van der Waals surface area (Å²) in [5, 5.41) is 11.5. The van der Waals surface area contributed by atoms with E-state index >= 15 is 0 Å². The molecule has 0 unspecified atom stereocenters. The maximum Gasteiger partial charge on any atom is 0.247 e. The highest BCUT2D eigenvalue weighted by Gasteiger charge is 2.42. The van der Waals surface area contributed by atoms with Crippen LogP contribution in [-0.2, 0) is 16.1 Å². The van der Waals surface area contributed by atoms with Crippen molar-refractivity contribution in [3.8, 4) is 5.75 Å². The van der Waals surface area contributed by atoms with Crippen LogP contribution in [0.15, 0.2) is 48.5 Å². The summed E-state index contributed by atoms with van der Waals surface area (Å²) in [6, 6.07) is 14.2. The molecule has 174 valence electrons. The molecule has 8 nitrogen and oxygen atoms in total. The highest BCUT2D eigenvalue weighted by Crippen LogP contribution is 2.36. The fourth-order valence-electron chi connectivity index (χ4n) is 3.87. The molecule has 1 aliphatic rings. The van der Waals surface area contributed by atoms with E-state index in [1.807, 2.05) is 69.3 Å². The van der Waals surface area contributed by atoms with Crippen LogP contribution in [0.4, 0.5) is 0 Å². The summed E-state index contributed by atoms with van der Waals surface area (Å²) in [7, 11) is 1.60. The van der Waals surface area contributed by atoms with Crippen molar-refractivity contribution >= 4 is 22.8 Å². The minimum atomic E-state index is -0.739. The van der Waals surface area contributed by atoms with Gasteiger partial charge in [-0.15, -0.1) is 5.10 Å². The molecule has 33 heavy (non-hydrogen) atoms. The highest BCUT2D eigenvalue weighted by atomic mass is 16.5. The van der Waals surface area contributed by atoms with Crippen molar-refractivity contribution in [2.45, 2.75) is 64.2 Å². The van der Waals surface area contributed by atoms with Crippen molar-refractivity contribution < 1.29 is 14.3 Å². The van der Waals surface area contributed by atoms with E-state index in [4.69, 9.17) is 4.74 Å². The van der Waals surface area contributed by atoms with Crippen LogP contribution in [-0.4, -0.2) is 50.4 Å². The Hall–Kier alpha value is -3.42. The molecule has 1 aromatic heterocycles. The molecule has 0 spiro atoms. The maximum absolute atomic E-state index is 13.6. The number of rotatable bonds is 9. The lowest BCUT2D eigenvalue weighted by molar-refractivity contribution is -0.143. The van der Waals surface area contributed by atoms with E-state index < -0.39 is 6.04 Å². The molecular formula is C25H31N5O3. The molecule has 0 aliphatic heterocycles. The molecular weight excluding hydrogens is 418 g/mol.